The van der Waals surface area contributed by atoms with Crippen molar-refractivity contribution in [3.63, 3.8) is 0 Å². The van der Waals surface area contributed by atoms with Gasteiger partial charge < -0.3 is 15.0 Å². The Morgan fingerprint density at radius 3 is 2.39 bits per heavy atom. The Kier molecular flexibility index (Phi) is 6.34. The molecule has 0 aromatic heterocycles. The third-order valence-electron chi connectivity index (χ3n) is 3.68. The molecule has 0 radical (unpaired) electrons. The molecule has 0 aliphatic heterocycles. The summed E-state index contributed by atoms with van der Waals surface area (Å²) < 4.78 is 64.2. The van der Waals surface area contributed by atoms with Crippen LogP contribution in [0.1, 0.15) is 18.1 Å². The molecule has 0 spiro atoms. The fourth-order valence-corrected chi connectivity index (χ4v) is 3.46. The molecule has 5 nitrogen and oxygen atoms in total. The molecule has 28 heavy (non-hydrogen) atoms. The number of hydrogen-bond donors (Lipinski definition) is 2. The summed E-state index contributed by atoms with van der Waals surface area (Å²) in [4.78, 5) is 12.4. The average Bonchev–Trinajstić information content (AvgIpc) is 2.61. The van der Waals surface area contributed by atoms with E-state index in [1.54, 1.807) is 0 Å². The molecular formula is C18H14F4N2O3S. The summed E-state index contributed by atoms with van der Waals surface area (Å²) in [5.74, 6) is -2.19. The molecule has 2 aromatic rings. The van der Waals surface area contributed by atoms with Gasteiger partial charge in [0, 0.05) is 5.69 Å². The lowest BCUT2D eigenvalue weighted by Crippen LogP contribution is -2.45. The molecular weight excluding hydrogens is 400 g/mol. The maximum atomic E-state index is 13.0. The fraction of sp³-hybridized carbons (Fsp3) is 0.222. The molecule has 0 fully saturated rings. The number of nitriles is 1. The number of hydrogen-bond acceptors (Lipinski definition) is 4. The van der Waals surface area contributed by atoms with Gasteiger partial charge in [-0.15, -0.1) is 0 Å². The van der Waals surface area contributed by atoms with Crippen molar-refractivity contribution in [2.24, 2.45) is 0 Å². The van der Waals surface area contributed by atoms with Crippen LogP contribution in [0.4, 0.5) is 23.2 Å². The van der Waals surface area contributed by atoms with Gasteiger partial charge in [-0.1, -0.05) is 0 Å². The van der Waals surface area contributed by atoms with Crippen LogP contribution in [0.3, 0.4) is 0 Å². The van der Waals surface area contributed by atoms with Crippen LogP contribution in [0, 0.1) is 17.1 Å². The summed E-state index contributed by atoms with van der Waals surface area (Å²) in [7, 11) is 0. The maximum Gasteiger partial charge on any atom is 0.417 e. The first-order valence-corrected chi connectivity index (χ1v) is 9.05. The minimum Gasteiger partial charge on any atom is -0.611 e. The zero-order valence-corrected chi connectivity index (χ0v) is 15.2. The number of carbonyl (C=O) groups excluding carboxylic acids is 1. The monoisotopic (exact) mass is 414 g/mol. The highest BCUT2D eigenvalue weighted by Crippen LogP contribution is 2.33. The van der Waals surface area contributed by atoms with E-state index >= 15 is 0 Å². The molecule has 0 bridgehead atoms. The Morgan fingerprint density at radius 1 is 1.25 bits per heavy atom. The van der Waals surface area contributed by atoms with Gasteiger partial charge in [-0.25, -0.2) is 4.39 Å². The number of anilines is 1. The van der Waals surface area contributed by atoms with E-state index in [1.165, 1.54) is 18.2 Å². The van der Waals surface area contributed by atoms with E-state index in [2.05, 4.69) is 5.32 Å². The van der Waals surface area contributed by atoms with Crippen molar-refractivity contribution in [1.82, 2.24) is 0 Å². The summed E-state index contributed by atoms with van der Waals surface area (Å²) >= 11 is -1.86. The van der Waals surface area contributed by atoms with Crippen LogP contribution in [-0.2, 0) is 22.1 Å². The number of amides is 1. The molecule has 10 heteroatoms. The second-order valence-electron chi connectivity index (χ2n) is 6.04. The van der Waals surface area contributed by atoms with Crippen molar-refractivity contribution in [2.75, 3.05) is 11.1 Å². The minimum atomic E-state index is -4.81. The first kappa shape index (κ1) is 21.7. The third kappa shape index (κ3) is 5.22. The molecule has 0 heterocycles. The molecule has 2 N–H and O–H groups in total. The Morgan fingerprint density at radius 2 is 1.86 bits per heavy atom. The lowest BCUT2D eigenvalue weighted by atomic mass is 10.1. The topological polar surface area (TPSA) is 96.2 Å². The highest BCUT2D eigenvalue weighted by Gasteiger charge is 2.38. The highest BCUT2D eigenvalue weighted by atomic mass is 32.2. The molecule has 1 amide bonds. The average molecular weight is 414 g/mol. The zero-order chi connectivity index (χ0) is 21.1. The Hall–Kier alpha value is -2.61. The van der Waals surface area contributed by atoms with Crippen molar-refractivity contribution in [3.05, 3.63) is 59.4 Å². The summed E-state index contributed by atoms with van der Waals surface area (Å²) in [6.45, 7) is 1.05. The second-order valence-corrected chi connectivity index (χ2v) is 7.49. The van der Waals surface area contributed by atoms with Crippen LogP contribution in [0.25, 0.3) is 0 Å². The number of nitrogens with zero attached hydrogens (tertiary/aromatic N) is 1. The van der Waals surface area contributed by atoms with E-state index in [0.717, 1.165) is 31.2 Å². The predicted molar refractivity (Wildman–Crippen MR) is 93.1 cm³/mol. The van der Waals surface area contributed by atoms with Gasteiger partial charge in [0.25, 0.3) is 5.91 Å². The summed E-state index contributed by atoms with van der Waals surface area (Å²) in [5.41, 5.74) is -4.33. The standard InChI is InChI=1S/C18H14F4N2O3S/c1-17(26,10-28(27)14-6-3-12(19)4-7-14)16(25)24-13-5-2-11(9-23)15(8-13)18(20,21)22/h2-8,26H,10H2,1H3,(H,24,25)/t17-,28?/m1/s1. The summed E-state index contributed by atoms with van der Waals surface area (Å²) in [5, 5.41) is 21.2. The van der Waals surface area contributed by atoms with Crippen LogP contribution >= 0.6 is 0 Å². The van der Waals surface area contributed by atoms with E-state index in [9.17, 15) is 32.0 Å². The van der Waals surface area contributed by atoms with E-state index < -0.39 is 51.6 Å². The third-order valence-corrected chi connectivity index (χ3v) is 5.30. The van der Waals surface area contributed by atoms with Crippen molar-refractivity contribution in [2.45, 2.75) is 23.6 Å². The van der Waals surface area contributed by atoms with Crippen molar-refractivity contribution >= 4 is 22.8 Å². The van der Waals surface area contributed by atoms with Gasteiger partial charge in [-0.3, -0.25) is 4.79 Å². The fourth-order valence-electron chi connectivity index (χ4n) is 2.21. The number of alkyl halides is 3. The summed E-state index contributed by atoms with van der Waals surface area (Å²) in [6, 6.07) is 8.56. The summed E-state index contributed by atoms with van der Waals surface area (Å²) in [6.07, 6.45) is -4.81. The molecule has 0 aliphatic carbocycles. The Labute approximate surface area is 160 Å². The molecule has 0 saturated heterocycles. The lowest BCUT2D eigenvalue weighted by molar-refractivity contribution is -0.137. The molecule has 2 atom stereocenters. The molecule has 2 aromatic carbocycles. The van der Waals surface area contributed by atoms with Gasteiger partial charge in [0.2, 0.25) is 0 Å². The maximum absolute atomic E-state index is 13.0. The minimum absolute atomic E-state index is 0.173. The van der Waals surface area contributed by atoms with Gasteiger partial charge >= 0.3 is 6.18 Å². The molecule has 0 aliphatic rings. The van der Waals surface area contributed by atoms with Crippen LogP contribution in [-0.4, -0.2) is 26.9 Å². The quantitative estimate of drug-likeness (QED) is 0.580. The van der Waals surface area contributed by atoms with E-state index in [0.29, 0.717) is 6.07 Å². The Balaban J connectivity index is 2.16. The van der Waals surface area contributed by atoms with Crippen LogP contribution in [0.5, 0.6) is 0 Å². The normalized spacial score (nSPS) is 14.6. The van der Waals surface area contributed by atoms with Crippen molar-refractivity contribution < 1.29 is 32.0 Å². The number of carbonyl (C=O) groups is 1. The number of rotatable bonds is 5. The number of benzene rings is 2. The molecule has 148 valence electrons. The largest absolute Gasteiger partial charge is 0.611 e. The number of halogens is 4. The van der Waals surface area contributed by atoms with Gasteiger partial charge in [-0.2, -0.15) is 18.4 Å². The van der Waals surface area contributed by atoms with Gasteiger partial charge in [-0.05, 0) is 60.6 Å². The second kappa shape index (κ2) is 8.18. The lowest BCUT2D eigenvalue weighted by Gasteiger charge is -2.23. The zero-order valence-electron chi connectivity index (χ0n) is 14.4. The molecule has 1 unspecified atom stereocenters. The smallest absolute Gasteiger partial charge is 0.417 e. The van der Waals surface area contributed by atoms with E-state index in [-0.39, 0.29) is 10.6 Å². The van der Waals surface area contributed by atoms with Crippen molar-refractivity contribution in [3.8, 4) is 6.07 Å². The van der Waals surface area contributed by atoms with Gasteiger partial charge in [0.1, 0.15) is 11.6 Å². The first-order chi connectivity index (χ1) is 12.9. The van der Waals surface area contributed by atoms with E-state index in [1.807, 2.05) is 0 Å². The van der Waals surface area contributed by atoms with Crippen molar-refractivity contribution in [1.29, 1.82) is 5.26 Å². The van der Waals surface area contributed by atoms with Crippen LogP contribution in [0.2, 0.25) is 0 Å². The SMILES string of the molecule is C[C@@](O)(C[S+]([O-])c1ccc(F)cc1)C(=O)Nc1ccc(C#N)c(C(F)(F)F)c1. The number of nitrogens with one attached hydrogen (secondary N) is 1. The molecule has 2 rings (SSSR count). The van der Waals surface area contributed by atoms with Gasteiger partial charge in [0.05, 0.1) is 17.2 Å². The van der Waals surface area contributed by atoms with Gasteiger partial charge in [0.15, 0.2) is 10.5 Å². The Bertz CT molecular complexity index is 909. The highest BCUT2D eigenvalue weighted by molar-refractivity contribution is 7.91. The first-order valence-electron chi connectivity index (χ1n) is 7.73. The van der Waals surface area contributed by atoms with E-state index in [4.69, 9.17) is 5.26 Å². The predicted octanol–water partition coefficient (Wildman–Crippen LogP) is 3.21. The van der Waals surface area contributed by atoms with Crippen LogP contribution < -0.4 is 5.32 Å². The molecule has 0 saturated carbocycles. The van der Waals surface area contributed by atoms with Crippen LogP contribution in [0.15, 0.2) is 47.4 Å². The number of aliphatic hydroxyl groups is 1.